The molecule has 0 saturated heterocycles. The van der Waals surface area contributed by atoms with Gasteiger partial charge in [0.15, 0.2) is 0 Å². The van der Waals surface area contributed by atoms with Gasteiger partial charge in [-0.2, -0.15) is 0 Å². The molecule has 1 amide bonds. The summed E-state index contributed by atoms with van der Waals surface area (Å²) in [5, 5.41) is 5.04. The number of nitrogens with one attached hydrogen (secondary N) is 1. The Morgan fingerprint density at radius 2 is 1.96 bits per heavy atom. The lowest BCUT2D eigenvalue weighted by molar-refractivity contribution is 0.0953. The van der Waals surface area contributed by atoms with Crippen molar-refractivity contribution in [2.75, 3.05) is 6.54 Å². The van der Waals surface area contributed by atoms with Crippen LogP contribution in [0.15, 0.2) is 68.7 Å². The molecule has 0 unspecified atom stereocenters. The summed E-state index contributed by atoms with van der Waals surface area (Å²) in [7, 11) is 0. The topological polar surface area (TPSA) is 41.5 Å². The first-order valence-corrected chi connectivity index (χ1v) is 10.7. The van der Waals surface area contributed by atoms with Crippen LogP contribution in [-0.2, 0) is 0 Å². The van der Waals surface area contributed by atoms with E-state index in [9.17, 15) is 4.79 Å². The van der Waals surface area contributed by atoms with Crippen molar-refractivity contribution in [3.63, 3.8) is 0 Å². The molecule has 0 aliphatic carbocycles. The number of aryl methyl sites for hydroxylation is 1. The largest absolute Gasteiger partial charge is 0.352 e. The number of thiophene rings is 1. The molecule has 0 bridgehead atoms. The summed E-state index contributed by atoms with van der Waals surface area (Å²) >= 11 is 3.41. The molecular weight excluding hydrogens is 372 g/mol. The highest BCUT2D eigenvalue weighted by molar-refractivity contribution is 7.99. The second-order valence-electron chi connectivity index (χ2n) is 6.43. The van der Waals surface area contributed by atoms with Crippen LogP contribution in [0.4, 0.5) is 5.69 Å². The fourth-order valence-electron chi connectivity index (χ4n) is 3.01. The molecule has 2 aromatic carbocycles. The number of aliphatic imine (C=N–C) groups is 1. The van der Waals surface area contributed by atoms with Crippen molar-refractivity contribution >= 4 is 40.4 Å². The minimum atomic E-state index is -0.0459. The Kier molecular flexibility index (Phi) is 5.14. The number of amides is 1. The van der Waals surface area contributed by atoms with E-state index in [0.29, 0.717) is 12.1 Å². The molecule has 1 aromatic heterocycles. The van der Waals surface area contributed by atoms with E-state index >= 15 is 0 Å². The second kappa shape index (κ2) is 7.71. The molecule has 3 nitrogen and oxygen atoms in total. The lowest BCUT2D eigenvalue weighted by atomic mass is 10.1. The van der Waals surface area contributed by atoms with Crippen LogP contribution in [-0.4, -0.2) is 18.2 Å². The number of benzene rings is 2. The van der Waals surface area contributed by atoms with Crippen molar-refractivity contribution in [3.05, 3.63) is 75.5 Å². The fraction of sp³-hybridized carbons (Fsp3) is 0.182. The summed E-state index contributed by atoms with van der Waals surface area (Å²) in [6, 6.07) is 16.3. The van der Waals surface area contributed by atoms with Crippen molar-refractivity contribution in [3.8, 4) is 0 Å². The predicted molar refractivity (Wildman–Crippen MR) is 114 cm³/mol. The zero-order valence-electron chi connectivity index (χ0n) is 15.3. The highest BCUT2D eigenvalue weighted by Gasteiger charge is 2.21. The highest BCUT2D eigenvalue weighted by atomic mass is 32.2. The van der Waals surface area contributed by atoms with Gasteiger partial charge in [-0.25, -0.2) is 4.99 Å². The van der Waals surface area contributed by atoms with Gasteiger partial charge in [-0.3, -0.25) is 4.79 Å². The van der Waals surface area contributed by atoms with Gasteiger partial charge in [0, 0.05) is 27.5 Å². The molecule has 0 fully saturated rings. The van der Waals surface area contributed by atoms with E-state index in [1.807, 2.05) is 25.1 Å². The van der Waals surface area contributed by atoms with Gasteiger partial charge in [-0.15, -0.1) is 11.3 Å². The molecule has 0 spiro atoms. The Labute approximate surface area is 167 Å². The number of nitrogens with zero attached hydrogens (tertiary/aromatic N) is 1. The van der Waals surface area contributed by atoms with Crippen molar-refractivity contribution < 1.29 is 4.79 Å². The number of carbonyl (C=O) groups is 1. The van der Waals surface area contributed by atoms with Gasteiger partial charge in [0.1, 0.15) is 0 Å². The molecule has 0 atom stereocenters. The molecule has 4 rings (SSSR count). The number of carbonyl (C=O) groups excluding carboxylic acids is 1. The second-order valence-corrected chi connectivity index (χ2v) is 8.43. The summed E-state index contributed by atoms with van der Waals surface area (Å²) in [6.45, 7) is 4.84. The van der Waals surface area contributed by atoms with Crippen LogP contribution < -0.4 is 5.32 Å². The van der Waals surface area contributed by atoms with Gasteiger partial charge < -0.3 is 5.32 Å². The monoisotopic (exact) mass is 392 g/mol. The van der Waals surface area contributed by atoms with Gasteiger partial charge in [0.25, 0.3) is 5.91 Å². The molecule has 1 N–H and O–H groups in total. The van der Waals surface area contributed by atoms with Gasteiger partial charge in [-0.1, -0.05) is 36.9 Å². The average molecular weight is 393 g/mol. The normalized spacial score (nSPS) is 12.6. The van der Waals surface area contributed by atoms with Gasteiger partial charge >= 0.3 is 0 Å². The van der Waals surface area contributed by atoms with Crippen LogP contribution in [0.3, 0.4) is 0 Å². The number of hydrogen-bond acceptors (Lipinski definition) is 4. The van der Waals surface area contributed by atoms with E-state index in [-0.39, 0.29) is 5.91 Å². The Morgan fingerprint density at radius 1 is 1.11 bits per heavy atom. The van der Waals surface area contributed by atoms with E-state index in [2.05, 4.69) is 48.0 Å². The first kappa shape index (κ1) is 18.0. The highest BCUT2D eigenvalue weighted by Crippen LogP contribution is 2.42. The molecule has 0 radical (unpaired) electrons. The SMILES string of the molecule is CCCNC(=O)c1ccc2c(c1)N=C(c1sccc1C)c1ccccc1S2. The molecule has 27 heavy (non-hydrogen) atoms. The van der Waals surface area contributed by atoms with Crippen LogP contribution in [0, 0.1) is 6.92 Å². The van der Waals surface area contributed by atoms with Crippen molar-refractivity contribution in [1.82, 2.24) is 5.32 Å². The summed E-state index contributed by atoms with van der Waals surface area (Å²) < 4.78 is 0. The molecule has 3 aromatic rings. The first-order valence-electron chi connectivity index (χ1n) is 9.00. The third-order valence-electron chi connectivity index (χ3n) is 4.43. The van der Waals surface area contributed by atoms with Gasteiger partial charge in [-0.05, 0) is 54.6 Å². The standard InChI is InChI=1S/C22H20N2OS2/c1-3-11-23-22(25)15-8-9-19-17(13-15)24-20(21-14(2)10-12-26-21)16-6-4-5-7-18(16)27-19/h4-10,12-13H,3,11H2,1-2H3,(H,23,25). The maximum Gasteiger partial charge on any atom is 0.251 e. The molecule has 136 valence electrons. The average Bonchev–Trinajstić information content (AvgIpc) is 3.03. The van der Waals surface area contributed by atoms with E-state index in [0.717, 1.165) is 28.3 Å². The maximum absolute atomic E-state index is 12.4. The zero-order chi connectivity index (χ0) is 18.8. The molecule has 1 aliphatic rings. The van der Waals surface area contributed by atoms with Crippen molar-refractivity contribution in [1.29, 1.82) is 0 Å². The molecule has 1 aliphatic heterocycles. The fourth-order valence-corrected chi connectivity index (χ4v) is 4.94. The Balaban J connectivity index is 1.85. The van der Waals surface area contributed by atoms with Crippen LogP contribution in [0.2, 0.25) is 0 Å². The van der Waals surface area contributed by atoms with Crippen molar-refractivity contribution in [2.45, 2.75) is 30.1 Å². The summed E-state index contributed by atoms with van der Waals surface area (Å²) in [6.07, 6.45) is 0.918. The van der Waals surface area contributed by atoms with E-state index in [1.54, 1.807) is 23.1 Å². The summed E-state index contributed by atoms with van der Waals surface area (Å²) in [4.78, 5) is 20.9. The maximum atomic E-state index is 12.4. The van der Waals surface area contributed by atoms with E-state index < -0.39 is 0 Å². The predicted octanol–water partition coefficient (Wildman–Crippen LogP) is 5.83. The lowest BCUT2D eigenvalue weighted by Gasteiger charge is -2.08. The van der Waals surface area contributed by atoms with Crippen LogP contribution in [0.1, 0.15) is 39.7 Å². The minimum absolute atomic E-state index is 0.0459. The summed E-state index contributed by atoms with van der Waals surface area (Å²) in [5.74, 6) is -0.0459. The Hall–Kier alpha value is -2.37. The van der Waals surface area contributed by atoms with Gasteiger partial charge in [0.2, 0.25) is 0 Å². The minimum Gasteiger partial charge on any atom is -0.352 e. The number of fused-ring (bicyclic) bond motifs is 2. The lowest BCUT2D eigenvalue weighted by Crippen LogP contribution is -2.23. The molecule has 5 heteroatoms. The molecular formula is C22H20N2OS2. The van der Waals surface area contributed by atoms with Crippen LogP contribution in [0.5, 0.6) is 0 Å². The molecule has 0 saturated carbocycles. The number of rotatable bonds is 4. The quantitative estimate of drug-likeness (QED) is 0.475. The van der Waals surface area contributed by atoms with E-state index in [1.165, 1.54) is 15.3 Å². The van der Waals surface area contributed by atoms with Crippen LogP contribution in [0.25, 0.3) is 0 Å². The smallest absolute Gasteiger partial charge is 0.251 e. The van der Waals surface area contributed by atoms with Crippen molar-refractivity contribution in [2.24, 2.45) is 4.99 Å². The third kappa shape index (κ3) is 3.57. The number of hydrogen-bond donors (Lipinski definition) is 1. The summed E-state index contributed by atoms with van der Waals surface area (Å²) in [5.41, 5.74) is 4.85. The van der Waals surface area contributed by atoms with Gasteiger partial charge in [0.05, 0.1) is 16.3 Å². The Bertz CT molecular complexity index is 1040. The third-order valence-corrected chi connectivity index (χ3v) is 6.59. The van der Waals surface area contributed by atoms with E-state index in [4.69, 9.17) is 4.99 Å². The zero-order valence-corrected chi connectivity index (χ0v) is 16.9. The Morgan fingerprint density at radius 3 is 2.74 bits per heavy atom. The molecule has 2 heterocycles. The van der Waals surface area contributed by atoms with Crippen LogP contribution >= 0.6 is 23.1 Å². The first-order chi connectivity index (χ1) is 13.2.